The van der Waals surface area contributed by atoms with Crippen LogP contribution in [0, 0.1) is 0 Å². The quantitative estimate of drug-likeness (QED) is 0.759. The summed E-state index contributed by atoms with van der Waals surface area (Å²) in [4.78, 5) is 16.2. The Morgan fingerprint density at radius 3 is 2.52 bits per heavy atom. The van der Waals surface area contributed by atoms with E-state index in [2.05, 4.69) is 4.90 Å². The Morgan fingerprint density at radius 2 is 1.96 bits per heavy atom. The van der Waals surface area contributed by atoms with Crippen molar-refractivity contribution in [2.75, 3.05) is 33.8 Å². The normalized spacial score (nSPS) is 22.0. The van der Waals surface area contributed by atoms with Crippen LogP contribution in [0.4, 0.5) is 4.79 Å². The van der Waals surface area contributed by atoms with Crippen LogP contribution < -0.4 is 0 Å². The number of carbonyl (C=O) groups is 1. The zero-order valence-electron chi connectivity index (χ0n) is 15.4. The molecule has 0 spiro atoms. The molecule has 25 heavy (non-hydrogen) atoms. The second-order valence-electron chi connectivity index (χ2n) is 7.42. The molecule has 1 heterocycles. The van der Waals surface area contributed by atoms with Crippen molar-refractivity contribution in [3.8, 4) is 0 Å². The number of amides is 1. The number of nitrogens with zero attached hydrogens (tertiary/aromatic N) is 2. The van der Waals surface area contributed by atoms with Crippen molar-refractivity contribution >= 4 is 29.3 Å². The first-order valence-corrected chi connectivity index (χ1v) is 9.05. The van der Waals surface area contributed by atoms with Crippen LogP contribution in [0.1, 0.15) is 32.4 Å². The van der Waals surface area contributed by atoms with Crippen LogP contribution in [0.5, 0.6) is 0 Å². The fourth-order valence-corrected chi connectivity index (χ4v) is 3.05. The molecule has 1 aliphatic heterocycles. The number of halogens is 2. The van der Waals surface area contributed by atoms with Gasteiger partial charge in [-0.25, -0.2) is 4.79 Å². The van der Waals surface area contributed by atoms with Crippen LogP contribution in [0.25, 0.3) is 0 Å². The zero-order chi connectivity index (χ0) is 18.8. The average Bonchev–Trinajstić information content (AvgIpc) is 2.71. The third-order valence-corrected chi connectivity index (χ3v) is 4.74. The van der Waals surface area contributed by atoms with Crippen LogP contribution >= 0.6 is 23.2 Å². The molecule has 0 aliphatic carbocycles. The molecule has 0 unspecified atom stereocenters. The van der Waals surface area contributed by atoms with Gasteiger partial charge >= 0.3 is 6.09 Å². The largest absolute Gasteiger partial charge is 0.444 e. The zero-order valence-corrected chi connectivity index (χ0v) is 16.9. The Morgan fingerprint density at radius 1 is 1.28 bits per heavy atom. The van der Waals surface area contributed by atoms with Gasteiger partial charge in [-0.15, -0.1) is 0 Å². The smallest absolute Gasteiger partial charge is 0.410 e. The highest BCUT2D eigenvalue weighted by Crippen LogP contribution is 2.32. The number of likely N-dealkylation sites (N-methyl/N-ethyl adjacent to an activating group) is 1. The van der Waals surface area contributed by atoms with Crippen molar-refractivity contribution in [1.82, 2.24) is 9.80 Å². The first-order valence-electron chi connectivity index (χ1n) is 8.29. The van der Waals surface area contributed by atoms with Crippen LogP contribution in [-0.4, -0.2) is 61.3 Å². The predicted octanol–water partition coefficient (Wildman–Crippen LogP) is 4.23. The second kappa shape index (κ2) is 8.12. The lowest BCUT2D eigenvalue weighted by atomic mass is 10.0. The summed E-state index contributed by atoms with van der Waals surface area (Å²) in [6.45, 7) is 7.00. The summed E-state index contributed by atoms with van der Waals surface area (Å²) < 4.78 is 11.6. The first kappa shape index (κ1) is 20.3. The number of benzene rings is 1. The Kier molecular flexibility index (Phi) is 6.60. The van der Waals surface area contributed by atoms with Gasteiger partial charge in [-0.3, -0.25) is 0 Å². The second-order valence-corrected chi connectivity index (χ2v) is 8.24. The van der Waals surface area contributed by atoms with Gasteiger partial charge in [-0.1, -0.05) is 29.3 Å². The number of rotatable bonds is 2. The van der Waals surface area contributed by atoms with Gasteiger partial charge in [-0.2, -0.15) is 0 Å². The van der Waals surface area contributed by atoms with E-state index in [4.69, 9.17) is 32.7 Å². The summed E-state index contributed by atoms with van der Waals surface area (Å²) in [7, 11) is 3.94. The summed E-state index contributed by atoms with van der Waals surface area (Å²) in [5, 5.41) is 1.00. The highest BCUT2D eigenvalue weighted by atomic mass is 35.5. The van der Waals surface area contributed by atoms with E-state index in [1.54, 1.807) is 11.0 Å². The molecule has 140 valence electrons. The van der Waals surface area contributed by atoms with E-state index in [0.717, 1.165) is 5.56 Å². The summed E-state index contributed by atoms with van der Waals surface area (Å²) in [6.07, 6.45) is -0.532. The molecule has 1 fully saturated rings. The number of hydrogen-bond donors (Lipinski definition) is 0. The third-order valence-electron chi connectivity index (χ3n) is 4.00. The van der Waals surface area contributed by atoms with Crippen LogP contribution in [-0.2, 0) is 9.47 Å². The van der Waals surface area contributed by atoms with Gasteiger partial charge < -0.3 is 19.3 Å². The molecule has 0 aromatic heterocycles. The molecule has 5 nitrogen and oxygen atoms in total. The van der Waals surface area contributed by atoms with Gasteiger partial charge in [0.1, 0.15) is 5.60 Å². The van der Waals surface area contributed by atoms with Gasteiger partial charge in [0, 0.05) is 13.1 Å². The maximum Gasteiger partial charge on any atom is 0.410 e. The van der Waals surface area contributed by atoms with Gasteiger partial charge in [0.15, 0.2) is 0 Å². The summed E-state index contributed by atoms with van der Waals surface area (Å²) >= 11 is 12.2. The lowest BCUT2D eigenvalue weighted by Gasteiger charge is -2.33. The van der Waals surface area contributed by atoms with E-state index in [1.165, 1.54) is 0 Å². The fourth-order valence-electron chi connectivity index (χ4n) is 2.75. The molecule has 2 atom stereocenters. The molecule has 1 saturated heterocycles. The van der Waals surface area contributed by atoms with E-state index in [0.29, 0.717) is 29.7 Å². The summed E-state index contributed by atoms with van der Waals surface area (Å²) in [6, 6.07) is 5.48. The van der Waals surface area contributed by atoms with Crippen molar-refractivity contribution in [2.45, 2.75) is 38.5 Å². The lowest BCUT2D eigenvalue weighted by molar-refractivity contribution is 0.0160. The van der Waals surface area contributed by atoms with Crippen molar-refractivity contribution in [3.05, 3.63) is 33.8 Å². The van der Waals surface area contributed by atoms with Crippen molar-refractivity contribution in [2.24, 2.45) is 0 Å². The number of ether oxygens (including phenoxy) is 2. The van der Waals surface area contributed by atoms with Crippen molar-refractivity contribution in [3.63, 3.8) is 0 Å². The molecule has 1 aromatic rings. The SMILES string of the molecule is CN(C)[C@@H]1CN(C(=O)OC(C)(C)C)CCO[C@H]1c1ccc(Cl)c(Cl)c1. The van der Waals surface area contributed by atoms with E-state index in [1.807, 2.05) is 47.0 Å². The highest BCUT2D eigenvalue weighted by Gasteiger charge is 2.34. The topological polar surface area (TPSA) is 42.0 Å². The Bertz CT molecular complexity index is 617. The molecule has 1 aromatic carbocycles. The molecule has 1 aliphatic rings. The number of carbonyl (C=O) groups excluding carboxylic acids is 1. The molecular formula is C18H26Cl2N2O3. The molecule has 2 rings (SSSR count). The van der Waals surface area contributed by atoms with Gasteiger partial charge in [-0.05, 0) is 52.6 Å². The van der Waals surface area contributed by atoms with Gasteiger partial charge in [0.2, 0.25) is 0 Å². The summed E-state index contributed by atoms with van der Waals surface area (Å²) in [5.41, 5.74) is 0.417. The molecule has 7 heteroatoms. The molecule has 0 saturated carbocycles. The minimum absolute atomic E-state index is 0.0349. The van der Waals surface area contributed by atoms with Gasteiger partial charge in [0.05, 0.1) is 28.8 Å². The minimum atomic E-state index is -0.527. The number of hydrogen-bond acceptors (Lipinski definition) is 4. The van der Waals surface area contributed by atoms with Crippen molar-refractivity contribution < 1.29 is 14.3 Å². The van der Waals surface area contributed by atoms with Crippen LogP contribution in [0.2, 0.25) is 10.0 Å². The first-order chi connectivity index (χ1) is 11.6. The minimum Gasteiger partial charge on any atom is -0.444 e. The van der Waals surface area contributed by atoms with E-state index >= 15 is 0 Å². The fraction of sp³-hybridized carbons (Fsp3) is 0.611. The molecule has 0 bridgehead atoms. The Hall–Kier alpha value is -1.01. The lowest BCUT2D eigenvalue weighted by Crippen LogP contribution is -2.46. The molecular weight excluding hydrogens is 363 g/mol. The molecule has 0 radical (unpaired) electrons. The van der Waals surface area contributed by atoms with E-state index in [-0.39, 0.29) is 18.2 Å². The Balaban J connectivity index is 2.23. The van der Waals surface area contributed by atoms with E-state index < -0.39 is 5.60 Å². The third kappa shape index (κ3) is 5.48. The van der Waals surface area contributed by atoms with Crippen LogP contribution in [0.3, 0.4) is 0 Å². The summed E-state index contributed by atoms with van der Waals surface area (Å²) in [5.74, 6) is 0. The van der Waals surface area contributed by atoms with Crippen LogP contribution in [0.15, 0.2) is 18.2 Å². The van der Waals surface area contributed by atoms with E-state index in [9.17, 15) is 4.79 Å². The Labute approximate surface area is 159 Å². The van der Waals surface area contributed by atoms with Gasteiger partial charge in [0.25, 0.3) is 0 Å². The average molecular weight is 389 g/mol. The predicted molar refractivity (Wildman–Crippen MR) is 100 cm³/mol. The molecule has 0 N–H and O–H groups in total. The maximum atomic E-state index is 12.5. The maximum absolute atomic E-state index is 12.5. The highest BCUT2D eigenvalue weighted by molar-refractivity contribution is 6.42. The monoisotopic (exact) mass is 388 g/mol. The van der Waals surface area contributed by atoms with Crippen molar-refractivity contribution in [1.29, 1.82) is 0 Å². The molecule has 1 amide bonds. The standard InChI is InChI=1S/C18H26Cl2N2O3/c1-18(2,3)25-17(23)22-8-9-24-16(15(11-22)21(4)5)12-6-7-13(19)14(20)10-12/h6-7,10,15-16H,8-9,11H2,1-5H3/t15-,16+/m1/s1.